The number of ether oxygens (including phenoxy) is 1. The van der Waals surface area contributed by atoms with Crippen LogP contribution >= 0.6 is 0 Å². The van der Waals surface area contributed by atoms with E-state index in [-0.39, 0.29) is 25.0 Å². The summed E-state index contributed by atoms with van der Waals surface area (Å²) < 4.78 is 11.2. The largest absolute Gasteiger partial charge is 0.466 e. The van der Waals surface area contributed by atoms with Crippen molar-refractivity contribution in [3.05, 3.63) is 83.1 Å². The Balaban J connectivity index is 1.49. The summed E-state index contributed by atoms with van der Waals surface area (Å²) in [5.41, 5.74) is 2.80. The minimum Gasteiger partial charge on any atom is -0.466 e. The summed E-state index contributed by atoms with van der Waals surface area (Å²) in [5, 5.41) is 12.9. The van der Waals surface area contributed by atoms with Crippen LogP contribution in [0.15, 0.2) is 59.3 Å². The summed E-state index contributed by atoms with van der Waals surface area (Å²) in [5.74, 6) is 0.815. The zero-order valence-corrected chi connectivity index (χ0v) is 17.9. The molecule has 4 rings (SSSR count). The lowest BCUT2D eigenvalue weighted by molar-refractivity contribution is -0.162. The number of nitrogens with zero attached hydrogens (tertiary/aromatic N) is 2. The fourth-order valence-corrected chi connectivity index (χ4v) is 3.92. The maximum Gasteiger partial charge on any atom is 0.259 e. The van der Waals surface area contributed by atoms with E-state index in [0.717, 1.165) is 11.1 Å². The number of amides is 2. The average Bonchev–Trinajstić information content (AvgIpc) is 3.14. The first-order valence-corrected chi connectivity index (χ1v) is 10.4. The van der Waals surface area contributed by atoms with Crippen molar-refractivity contribution >= 4 is 17.5 Å². The summed E-state index contributed by atoms with van der Waals surface area (Å²) >= 11 is 0. The van der Waals surface area contributed by atoms with E-state index in [4.69, 9.17) is 9.15 Å². The van der Waals surface area contributed by atoms with Gasteiger partial charge in [0.1, 0.15) is 24.2 Å². The second-order valence-corrected chi connectivity index (χ2v) is 7.77. The van der Waals surface area contributed by atoms with Gasteiger partial charge in [-0.25, -0.2) is 0 Å². The summed E-state index contributed by atoms with van der Waals surface area (Å²) in [6.07, 6.45) is 2.89. The first kappa shape index (κ1) is 21.7. The molecule has 2 atom stereocenters. The summed E-state index contributed by atoms with van der Waals surface area (Å²) in [4.78, 5) is 30.7. The van der Waals surface area contributed by atoms with Gasteiger partial charge in [0.25, 0.3) is 5.91 Å². The molecule has 0 bridgehead atoms. The van der Waals surface area contributed by atoms with Gasteiger partial charge in [0.2, 0.25) is 5.91 Å². The van der Waals surface area contributed by atoms with Crippen LogP contribution in [0.3, 0.4) is 0 Å². The van der Waals surface area contributed by atoms with E-state index in [0.29, 0.717) is 29.3 Å². The van der Waals surface area contributed by atoms with Crippen molar-refractivity contribution in [2.24, 2.45) is 0 Å². The number of benzene rings is 1. The Morgan fingerprint density at radius 2 is 2.03 bits per heavy atom. The number of aryl methyl sites for hydroxylation is 2. The first-order valence-electron chi connectivity index (χ1n) is 10.4. The number of aliphatic hydroxyl groups is 1. The number of morpholine rings is 1. The molecule has 0 saturated carbocycles. The van der Waals surface area contributed by atoms with Crippen LogP contribution in [0.4, 0.5) is 5.69 Å². The molecule has 1 aliphatic heterocycles. The van der Waals surface area contributed by atoms with Crippen LogP contribution in [0.2, 0.25) is 0 Å². The molecule has 3 aromatic rings. The molecule has 0 spiro atoms. The van der Waals surface area contributed by atoms with Crippen LogP contribution in [0.25, 0.3) is 0 Å². The number of carbonyl (C=O) groups is 2. The molecule has 1 aromatic carbocycles. The summed E-state index contributed by atoms with van der Waals surface area (Å²) in [6, 6.07) is 12.1. The Hall–Kier alpha value is -3.49. The Morgan fingerprint density at radius 1 is 1.25 bits per heavy atom. The normalized spacial score (nSPS) is 18.6. The molecular weight excluding hydrogens is 410 g/mol. The number of aromatic nitrogens is 1. The van der Waals surface area contributed by atoms with E-state index in [2.05, 4.69) is 10.3 Å². The van der Waals surface area contributed by atoms with Gasteiger partial charge in [0.05, 0.1) is 18.2 Å². The molecule has 8 nitrogen and oxygen atoms in total. The van der Waals surface area contributed by atoms with Gasteiger partial charge in [-0.15, -0.1) is 0 Å². The van der Waals surface area contributed by atoms with Crippen molar-refractivity contribution in [2.45, 2.75) is 32.5 Å². The molecule has 1 aliphatic rings. The van der Waals surface area contributed by atoms with Crippen LogP contribution in [0.5, 0.6) is 0 Å². The van der Waals surface area contributed by atoms with Gasteiger partial charge in [-0.05, 0) is 49.2 Å². The molecule has 1 fully saturated rings. The third-order valence-corrected chi connectivity index (χ3v) is 5.50. The van der Waals surface area contributed by atoms with Gasteiger partial charge in [-0.3, -0.25) is 14.6 Å². The standard InChI is InChI=1S/C24H25N3O5/c1-15-10-20(16(2)32-15)24(30)26-19-7-5-18(6-8-19)23-21(13-28)27(22(29)14-31-23)12-17-4-3-9-25-11-17/h3-11,21,23,28H,12-14H2,1-2H3,(H,26,30). The molecule has 2 aromatic heterocycles. The Kier molecular flexibility index (Phi) is 6.34. The van der Waals surface area contributed by atoms with E-state index in [1.54, 1.807) is 49.3 Å². The van der Waals surface area contributed by atoms with Gasteiger partial charge in [-0.2, -0.15) is 0 Å². The second-order valence-electron chi connectivity index (χ2n) is 7.77. The van der Waals surface area contributed by atoms with Crippen molar-refractivity contribution in [3.8, 4) is 0 Å². The number of rotatable bonds is 6. The molecular formula is C24H25N3O5. The zero-order chi connectivity index (χ0) is 22.7. The van der Waals surface area contributed by atoms with E-state index in [1.807, 2.05) is 24.3 Å². The molecule has 2 N–H and O–H groups in total. The van der Waals surface area contributed by atoms with Crippen LogP contribution in [0, 0.1) is 13.8 Å². The summed E-state index contributed by atoms with van der Waals surface area (Å²) in [6.45, 7) is 3.57. The van der Waals surface area contributed by atoms with Gasteiger partial charge < -0.3 is 24.5 Å². The number of pyridine rings is 1. The maximum absolute atomic E-state index is 12.5. The maximum atomic E-state index is 12.5. The quantitative estimate of drug-likeness (QED) is 0.617. The first-order chi connectivity index (χ1) is 15.5. The highest BCUT2D eigenvalue weighted by molar-refractivity contribution is 6.05. The number of hydrogen-bond donors (Lipinski definition) is 2. The highest BCUT2D eigenvalue weighted by atomic mass is 16.5. The highest BCUT2D eigenvalue weighted by Crippen LogP contribution is 2.31. The monoisotopic (exact) mass is 435 g/mol. The lowest BCUT2D eigenvalue weighted by Crippen LogP contribution is -2.52. The fraction of sp³-hybridized carbons (Fsp3) is 0.292. The van der Waals surface area contributed by atoms with Crippen molar-refractivity contribution < 1.29 is 23.8 Å². The van der Waals surface area contributed by atoms with Crippen LogP contribution in [-0.4, -0.2) is 46.1 Å². The Morgan fingerprint density at radius 3 is 2.66 bits per heavy atom. The van der Waals surface area contributed by atoms with Gasteiger partial charge >= 0.3 is 0 Å². The number of carbonyl (C=O) groups excluding carboxylic acids is 2. The summed E-state index contributed by atoms with van der Waals surface area (Å²) in [7, 11) is 0. The van der Waals surface area contributed by atoms with Crippen molar-refractivity contribution in [1.29, 1.82) is 0 Å². The lowest BCUT2D eigenvalue weighted by atomic mass is 9.98. The molecule has 8 heteroatoms. The third-order valence-electron chi connectivity index (χ3n) is 5.50. The molecule has 0 aliphatic carbocycles. The van der Waals surface area contributed by atoms with E-state index < -0.39 is 12.1 Å². The zero-order valence-electron chi connectivity index (χ0n) is 17.9. The van der Waals surface area contributed by atoms with Crippen molar-refractivity contribution in [3.63, 3.8) is 0 Å². The minimum absolute atomic E-state index is 0.0704. The van der Waals surface area contributed by atoms with Crippen molar-refractivity contribution in [1.82, 2.24) is 9.88 Å². The van der Waals surface area contributed by atoms with Crippen molar-refractivity contribution in [2.75, 3.05) is 18.5 Å². The molecule has 2 unspecified atom stereocenters. The average molecular weight is 435 g/mol. The fourth-order valence-electron chi connectivity index (χ4n) is 3.92. The lowest BCUT2D eigenvalue weighted by Gasteiger charge is -2.40. The Labute approximate surface area is 185 Å². The number of anilines is 1. The third kappa shape index (κ3) is 4.56. The number of aliphatic hydroxyl groups excluding tert-OH is 1. The SMILES string of the molecule is Cc1cc(C(=O)Nc2ccc(C3OCC(=O)N(Cc4cccnc4)C3CO)cc2)c(C)o1. The molecule has 1 saturated heterocycles. The molecule has 2 amide bonds. The predicted molar refractivity (Wildman–Crippen MR) is 117 cm³/mol. The van der Waals surface area contributed by atoms with Crippen LogP contribution in [-0.2, 0) is 16.1 Å². The van der Waals surface area contributed by atoms with Gasteiger partial charge in [-0.1, -0.05) is 18.2 Å². The smallest absolute Gasteiger partial charge is 0.259 e. The van der Waals surface area contributed by atoms with E-state index in [1.165, 1.54) is 0 Å². The second kappa shape index (κ2) is 9.33. The van der Waals surface area contributed by atoms with E-state index in [9.17, 15) is 14.7 Å². The van der Waals surface area contributed by atoms with Crippen LogP contribution < -0.4 is 5.32 Å². The molecule has 0 radical (unpaired) electrons. The number of furan rings is 1. The molecule has 32 heavy (non-hydrogen) atoms. The van der Waals surface area contributed by atoms with Gasteiger partial charge in [0, 0.05) is 24.6 Å². The topological polar surface area (TPSA) is 105 Å². The minimum atomic E-state index is -0.534. The molecule has 3 heterocycles. The van der Waals surface area contributed by atoms with E-state index >= 15 is 0 Å². The van der Waals surface area contributed by atoms with Gasteiger partial charge in [0.15, 0.2) is 0 Å². The number of nitrogens with one attached hydrogen (secondary N) is 1. The Bertz CT molecular complexity index is 1090. The predicted octanol–water partition coefficient (Wildman–Crippen LogP) is 3.00. The highest BCUT2D eigenvalue weighted by Gasteiger charge is 2.37. The molecule has 166 valence electrons. The number of hydrogen-bond acceptors (Lipinski definition) is 6. The van der Waals surface area contributed by atoms with Crippen LogP contribution in [0.1, 0.15) is 39.1 Å².